The molecule has 0 heterocycles. The van der Waals surface area contributed by atoms with E-state index in [1.165, 1.54) is 31.2 Å². The number of hydrogen-bond donors (Lipinski definition) is 0. The molecule has 19 heavy (non-hydrogen) atoms. The standard InChI is InChI=1S/C16H21NOS/c1-12-4-3-5-15(8-12)19-11-13-6-7-14(10-17)16(9-13)18-2/h6-7,9,12,15H,3-5,8,11H2,1-2H3. The summed E-state index contributed by atoms with van der Waals surface area (Å²) in [6, 6.07) is 8.05. The van der Waals surface area contributed by atoms with Crippen molar-refractivity contribution in [3.05, 3.63) is 29.3 Å². The highest BCUT2D eigenvalue weighted by Crippen LogP contribution is 2.34. The molecule has 0 N–H and O–H groups in total. The fourth-order valence-corrected chi connectivity index (χ4v) is 4.07. The van der Waals surface area contributed by atoms with Gasteiger partial charge in [0.1, 0.15) is 11.8 Å². The van der Waals surface area contributed by atoms with E-state index in [0.29, 0.717) is 11.3 Å². The summed E-state index contributed by atoms with van der Waals surface area (Å²) in [7, 11) is 1.62. The molecule has 1 fully saturated rings. The molecule has 1 aliphatic rings. The van der Waals surface area contributed by atoms with Gasteiger partial charge < -0.3 is 4.74 Å². The van der Waals surface area contributed by atoms with Crippen molar-refractivity contribution in [3.8, 4) is 11.8 Å². The van der Waals surface area contributed by atoms with Crippen LogP contribution < -0.4 is 4.74 Å². The predicted octanol–water partition coefficient (Wildman–Crippen LogP) is 4.38. The van der Waals surface area contributed by atoms with Crippen molar-refractivity contribution < 1.29 is 4.74 Å². The molecular weight excluding hydrogens is 254 g/mol. The second-order valence-electron chi connectivity index (χ2n) is 5.35. The summed E-state index contributed by atoms with van der Waals surface area (Å²) in [5.41, 5.74) is 1.86. The number of methoxy groups -OCH3 is 1. The monoisotopic (exact) mass is 275 g/mol. The van der Waals surface area contributed by atoms with Gasteiger partial charge in [-0.25, -0.2) is 0 Å². The maximum atomic E-state index is 8.97. The summed E-state index contributed by atoms with van der Waals surface area (Å²) in [6.07, 6.45) is 5.46. The topological polar surface area (TPSA) is 33.0 Å². The van der Waals surface area contributed by atoms with Crippen molar-refractivity contribution in [1.82, 2.24) is 0 Å². The molecule has 0 amide bonds. The van der Waals surface area contributed by atoms with Crippen molar-refractivity contribution in [2.75, 3.05) is 7.11 Å². The van der Waals surface area contributed by atoms with Crippen LogP contribution in [0.2, 0.25) is 0 Å². The van der Waals surface area contributed by atoms with E-state index >= 15 is 0 Å². The molecule has 0 spiro atoms. The van der Waals surface area contributed by atoms with Crippen LogP contribution in [0.1, 0.15) is 43.7 Å². The summed E-state index contributed by atoms with van der Waals surface area (Å²) < 4.78 is 5.25. The van der Waals surface area contributed by atoms with Crippen molar-refractivity contribution in [2.24, 2.45) is 5.92 Å². The van der Waals surface area contributed by atoms with Crippen LogP contribution in [-0.4, -0.2) is 12.4 Å². The summed E-state index contributed by atoms with van der Waals surface area (Å²) in [4.78, 5) is 0. The molecule has 0 radical (unpaired) electrons. The van der Waals surface area contributed by atoms with Crippen molar-refractivity contribution in [3.63, 3.8) is 0 Å². The summed E-state index contributed by atoms with van der Waals surface area (Å²) in [5, 5.41) is 9.76. The van der Waals surface area contributed by atoms with Crippen LogP contribution in [0.15, 0.2) is 18.2 Å². The third-order valence-corrected chi connectivity index (χ3v) is 5.16. The Hall–Kier alpha value is -1.14. The van der Waals surface area contributed by atoms with Gasteiger partial charge in [-0.05, 0) is 36.5 Å². The quantitative estimate of drug-likeness (QED) is 0.817. The van der Waals surface area contributed by atoms with Gasteiger partial charge in [0.2, 0.25) is 0 Å². The van der Waals surface area contributed by atoms with Gasteiger partial charge in [0.25, 0.3) is 0 Å². The Kier molecular flexibility index (Phi) is 5.15. The van der Waals surface area contributed by atoms with E-state index < -0.39 is 0 Å². The minimum Gasteiger partial charge on any atom is -0.495 e. The number of rotatable bonds is 4. The zero-order valence-corrected chi connectivity index (χ0v) is 12.5. The first-order chi connectivity index (χ1) is 9.22. The number of nitrogens with zero attached hydrogens (tertiary/aromatic N) is 1. The second-order valence-corrected chi connectivity index (χ2v) is 6.64. The Morgan fingerprint density at radius 2 is 2.26 bits per heavy atom. The number of hydrogen-bond acceptors (Lipinski definition) is 3. The van der Waals surface area contributed by atoms with E-state index in [9.17, 15) is 0 Å². The summed E-state index contributed by atoms with van der Waals surface area (Å²) >= 11 is 2.05. The molecule has 0 aromatic heterocycles. The lowest BCUT2D eigenvalue weighted by Gasteiger charge is -2.26. The largest absolute Gasteiger partial charge is 0.495 e. The number of ether oxygens (including phenoxy) is 1. The van der Waals surface area contributed by atoms with Crippen LogP contribution >= 0.6 is 11.8 Å². The Balaban J connectivity index is 1.94. The van der Waals surface area contributed by atoms with Gasteiger partial charge in [-0.15, -0.1) is 0 Å². The average Bonchev–Trinajstić information content (AvgIpc) is 2.45. The zero-order chi connectivity index (χ0) is 13.7. The van der Waals surface area contributed by atoms with E-state index in [2.05, 4.69) is 13.0 Å². The molecule has 0 saturated heterocycles. The van der Waals surface area contributed by atoms with Gasteiger partial charge in [-0.2, -0.15) is 17.0 Å². The molecular formula is C16H21NOS. The highest BCUT2D eigenvalue weighted by atomic mass is 32.2. The zero-order valence-electron chi connectivity index (χ0n) is 11.7. The molecule has 102 valence electrons. The van der Waals surface area contributed by atoms with Gasteiger partial charge in [0.15, 0.2) is 0 Å². The lowest BCUT2D eigenvalue weighted by atomic mass is 9.91. The first kappa shape index (κ1) is 14.3. The Morgan fingerprint density at radius 3 is 2.95 bits per heavy atom. The number of nitriles is 1. The lowest BCUT2D eigenvalue weighted by Crippen LogP contribution is -2.15. The first-order valence-corrected chi connectivity index (χ1v) is 7.96. The fraction of sp³-hybridized carbons (Fsp3) is 0.562. The SMILES string of the molecule is COc1cc(CSC2CCCC(C)C2)ccc1C#N. The molecule has 2 atom stereocenters. The third kappa shape index (κ3) is 3.91. The highest BCUT2D eigenvalue weighted by molar-refractivity contribution is 7.99. The van der Waals surface area contributed by atoms with Crippen molar-refractivity contribution in [2.45, 2.75) is 43.6 Å². The Morgan fingerprint density at radius 1 is 1.42 bits per heavy atom. The van der Waals surface area contributed by atoms with Crippen molar-refractivity contribution >= 4 is 11.8 Å². The molecule has 0 bridgehead atoms. The van der Waals surface area contributed by atoms with Crippen LogP contribution in [0.3, 0.4) is 0 Å². The smallest absolute Gasteiger partial charge is 0.136 e. The average molecular weight is 275 g/mol. The normalized spacial score (nSPS) is 22.8. The van der Waals surface area contributed by atoms with E-state index in [1.54, 1.807) is 7.11 Å². The molecule has 2 rings (SSSR count). The van der Waals surface area contributed by atoms with Gasteiger partial charge in [-0.3, -0.25) is 0 Å². The van der Waals surface area contributed by atoms with Gasteiger partial charge in [0.05, 0.1) is 12.7 Å². The number of thioether (sulfide) groups is 1. The van der Waals surface area contributed by atoms with Crippen LogP contribution in [-0.2, 0) is 5.75 Å². The van der Waals surface area contributed by atoms with Gasteiger partial charge in [0, 0.05) is 11.0 Å². The maximum absolute atomic E-state index is 8.97. The minimum atomic E-state index is 0.613. The lowest BCUT2D eigenvalue weighted by molar-refractivity contribution is 0.394. The van der Waals surface area contributed by atoms with Gasteiger partial charge >= 0.3 is 0 Å². The van der Waals surface area contributed by atoms with E-state index in [-0.39, 0.29) is 0 Å². The Labute approximate surface area is 120 Å². The van der Waals surface area contributed by atoms with Crippen LogP contribution in [0, 0.1) is 17.2 Å². The molecule has 1 aromatic rings. The Bertz CT molecular complexity index is 466. The minimum absolute atomic E-state index is 0.613. The number of benzene rings is 1. The molecule has 2 unspecified atom stereocenters. The maximum Gasteiger partial charge on any atom is 0.136 e. The predicted molar refractivity (Wildman–Crippen MR) is 80.4 cm³/mol. The third-order valence-electron chi connectivity index (χ3n) is 3.76. The molecule has 3 heteroatoms. The second kappa shape index (κ2) is 6.86. The summed E-state index contributed by atoms with van der Waals surface area (Å²) in [5.74, 6) is 2.58. The van der Waals surface area contributed by atoms with E-state index in [1.807, 2.05) is 30.0 Å². The van der Waals surface area contributed by atoms with Gasteiger partial charge in [-0.1, -0.05) is 25.8 Å². The highest BCUT2D eigenvalue weighted by Gasteiger charge is 2.19. The van der Waals surface area contributed by atoms with Crippen molar-refractivity contribution in [1.29, 1.82) is 5.26 Å². The van der Waals surface area contributed by atoms with Crippen LogP contribution in [0.25, 0.3) is 0 Å². The molecule has 2 nitrogen and oxygen atoms in total. The van der Waals surface area contributed by atoms with E-state index in [4.69, 9.17) is 10.00 Å². The first-order valence-electron chi connectivity index (χ1n) is 6.91. The summed E-state index contributed by atoms with van der Waals surface area (Å²) in [6.45, 7) is 2.36. The molecule has 1 saturated carbocycles. The molecule has 0 aliphatic heterocycles. The van der Waals surface area contributed by atoms with Crippen LogP contribution in [0.5, 0.6) is 5.75 Å². The molecule has 1 aromatic carbocycles. The van der Waals surface area contributed by atoms with E-state index in [0.717, 1.165) is 16.9 Å². The fourth-order valence-electron chi connectivity index (χ4n) is 2.66. The molecule has 1 aliphatic carbocycles. The van der Waals surface area contributed by atoms with Crippen LogP contribution in [0.4, 0.5) is 0 Å².